The van der Waals surface area contributed by atoms with Crippen LogP contribution >= 0.6 is 11.6 Å². The Labute approximate surface area is 358 Å². The van der Waals surface area contributed by atoms with Gasteiger partial charge in [-0.05, 0) is 66.5 Å². The Hall–Kier alpha value is -6.33. The number of carbonyl (C=O) groups excluding carboxylic acids is 2. The molecule has 14 nitrogen and oxygen atoms in total. The van der Waals surface area contributed by atoms with Crippen molar-refractivity contribution in [3.63, 3.8) is 0 Å². The van der Waals surface area contributed by atoms with E-state index >= 15 is 0 Å². The molecule has 1 fully saturated rings. The highest BCUT2D eigenvalue weighted by Gasteiger charge is 2.39. The van der Waals surface area contributed by atoms with Gasteiger partial charge in [0.25, 0.3) is 11.5 Å². The van der Waals surface area contributed by atoms with Crippen molar-refractivity contribution < 1.29 is 32.2 Å². The van der Waals surface area contributed by atoms with Gasteiger partial charge in [-0.25, -0.2) is 9.97 Å². The van der Waals surface area contributed by atoms with Crippen molar-refractivity contribution in [1.29, 1.82) is 0 Å². The molecule has 1 N–H and O–H groups in total. The van der Waals surface area contributed by atoms with Crippen LogP contribution in [0, 0.1) is 6.92 Å². The molecule has 1 saturated heterocycles. The Bertz CT molecular complexity index is 2800. The molecule has 0 unspecified atom stereocenters. The van der Waals surface area contributed by atoms with Crippen molar-refractivity contribution in [2.45, 2.75) is 65.5 Å². The van der Waals surface area contributed by atoms with Crippen LogP contribution in [-0.2, 0) is 61.1 Å². The molecule has 0 radical (unpaired) electrons. The summed E-state index contributed by atoms with van der Waals surface area (Å²) in [5.74, 6) is -0.208. The normalized spacial score (nSPS) is 14.9. The predicted molar refractivity (Wildman–Crippen MR) is 224 cm³/mol. The zero-order valence-corrected chi connectivity index (χ0v) is 34.6. The van der Waals surface area contributed by atoms with Gasteiger partial charge >= 0.3 is 6.18 Å². The molecular weight excluding hydrogens is 827 g/mol. The van der Waals surface area contributed by atoms with Crippen LogP contribution in [0.2, 0.25) is 5.02 Å². The average molecular weight is 868 g/mol. The third-order valence-electron chi connectivity index (χ3n) is 11.7. The minimum Gasteiger partial charge on any atom is -0.485 e. The second-order valence-electron chi connectivity index (χ2n) is 15.4. The predicted octanol–water partition coefficient (Wildman–Crippen LogP) is 6.24. The van der Waals surface area contributed by atoms with Crippen molar-refractivity contribution in [3.05, 3.63) is 127 Å². The summed E-state index contributed by atoms with van der Waals surface area (Å²) in [5.41, 5.74) is 4.44. The van der Waals surface area contributed by atoms with Gasteiger partial charge in [0, 0.05) is 31.7 Å². The highest BCUT2D eigenvalue weighted by atomic mass is 35.5. The van der Waals surface area contributed by atoms with Crippen LogP contribution in [0.25, 0.3) is 17.2 Å². The van der Waals surface area contributed by atoms with Crippen LogP contribution in [-0.4, -0.2) is 78.6 Å². The molecule has 320 valence electrons. The Balaban J connectivity index is 1.05. The van der Waals surface area contributed by atoms with Gasteiger partial charge in [0.05, 0.1) is 40.9 Å². The van der Waals surface area contributed by atoms with Crippen LogP contribution in [0.1, 0.15) is 62.2 Å². The Morgan fingerprint density at radius 2 is 1.74 bits per heavy atom. The van der Waals surface area contributed by atoms with Gasteiger partial charge in [0.1, 0.15) is 25.2 Å². The molecular formula is C44H41ClF3N9O5. The van der Waals surface area contributed by atoms with E-state index < -0.39 is 23.2 Å². The quantitative estimate of drug-likeness (QED) is 0.168. The minimum atomic E-state index is -4.59. The molecule has 0 bridgehead atoms. The van der Waals surface area contributed by atoms with Gasteiger partial charge in [0.15, 0.2) is 17.3 Å². The number of aromatic nitrogens is 6. The molecule has 0 atom stereocenters. The lowest BCUT2D eigenvalue weighted by atomic mass is 9.83. The number of amides is 2. The highest BCUT2D eigenvalue weighted by Crippen LogP contribution is 2.45. The van der Waals surface area contributed by atoms with Gasteiger partial charge in [-0.3, -0.25) is 14.4 Å². The fourth-order valence-electron chi connectivity index (χ4n) is 8.56. The summed E-state index contributed by atoms with van der Waals surface area (Å²) in [5, 5.41) is 7.31. The molecule has 1 aliphatic carbocycles. The van der Waals surface area contributed by atoms with E-state index in [1.807, 2.05) is 60.4 Å². The number of anilines is 2. The highest BCUT2D eigenvalue weighted by molar-refractivity contribution is 6.34. The fraction of sp³-hybridized carbons (Fsp3) is 0.341. The van der Waals surface area contributed by atoms with Gasteiger partial charge in [0.2, 0.25) is 11.7 Å². The van der Waals surface area contributed by atoms with Crippen LogP contribution in [0.5, 0.6) is 5.75 Å². The summed E-state index contributed by atoms with van der Waals surface area (Å²) in [6.45, 7) is 5.41. The second-order valence-corrected chi connectivity index (χ2v) is 15.8. The first-order valence-electron chi connectivity index (χ1n) is 20.4. The molecule has 62 heavy (non-hydrogen) atoms. The van der Waals surface area contributed by atoms with Gasteiger partial charge < -0.3 is 29.2 Å². The fourth-order valence-corrected chi connectivity index (χ4v) is 8.83. The van der Waals surface area contributed by atoms with E-state index in [0.29, 0.717) is 66.7 Å². The SMILES string of the molecule is CCc1c(N2CCN(C(=O)c3ncnc(C)c3OCc3ccccc3)CC2)c(=O)n2nc(-c3cccc4c3CCOC4)nc2n1CC(=O)Nc1c(Cl)cc(C(F)(F)F)c2c1CC2. The van der Waals surface area contributed by atoms with Crippen molar-refractivity contribution in [1.82, 2.24) is 34.0 Å². The van der Waals surface area contributed by atoms with Gasteiger partial charge in [-0.15, -0.1) is 5.10 Å². The van der Waals surface area contributed by atoms with E-state index in [2.05, 4.69) is 15.3 Å². The maximum absolute atomic E-state index is 14.7. The smallest absolute Gasteiger partial charge is 0.416 e. The van der Waals surface area contributed by atoms with Crippen LogP contribution in [0.4, 0.5) is 24.5 Å². The number of nitrogens with one attached hydrogen (secondary N) is 1. The summed E-state index contributed by atoms with van der Waals surface area (Å²) < 4.78 is 56.1. The lowest BCUT2D eigenvalue weighted by Crippen LogP contribution is -2.51. The summed E-state index contributed by atoms with van der Waals surface area (Å²) >= 11 is 6.41. The Morgan fingerprint density at radius 3 is 2.47 bits per heavy atom. The first kappa shape index (κ1) is 41.0. The van der Waals surface area contributed by atoms with Crippen molar-refractivity contribution >= 4 is 40.6 Å². The molecule has 3 aromatic heterocycles. The number of nitrogens with zero attached hydrogens (tertiary/aromatic N) is 8. The molecule has 6 aromatic rings. The molecule has 2 amide bonds. The van der Waals surface area contributed by atoms with E-state index in [9.17, 15) is 27.6 Å². The summed E-state index contributed by atoms with van der Waals surface area (Å²) in [4.78, 5) is 59.8. The molecule has 5 heterocycles. The topological polar surface area (TPSA) is 149 Å². The number of ether oxygens (including phenoxy) is 2. The number of halogens is 4. The first-order valence-corrected chi connectivity index (χ1v) is 20.7. The van der Waals surface area contributed by atoms with Crippen LogP contribution < -0.4 is 20.5 Å². The number of fused-ring (bicyclic) bond motifs is 3. The first-order chi connectivity index (χ1) is 29.9. The van der Waals surface area contributed by atoms with E-state index in [-0.39, 0.29) is 79.4 Å². The zero-order chi connectivity index (χ0) is 43.3. The average Bonchev–Trinajstić information content (AvgIpc) is 3.71. The number of carbonyl (C=O) groups is 2. The Morgan fingerprint density at radius 1 is 0.968 bits per heavy atom. The third-order valence-corrected chi connectivity index (χ3v) is 12.0. The van der Waals surface area contributed by atoms with Crippen molar-refractivity contribution in [2.75, 3.05) is 43.0 Å². The summed E-state index contributed by atoms with van der Waals surface area (Å²) in [6, 6.07) is 16.2. The van der Waals surface area contributed by atoms with Crippen molar-refractivity contribution in [3.8, 4) is 17.1 Å². The second kappa shape index (κ2) is 16.5. The maximum atomic E-state index is 14.7. The molecule has 9 rings (SSSR count). The lowest BCUT2D eigenvalue weighted by Gasteiger charge is -2.36. The molecule has 0 saturated carbocycles. The number of rotatable bonds is 10. The lowest BCUT2D eigenvalue weighted by molar-refractivity contribution is -0.138. The summed E-state index contributed by atoms with van der Waals surface area (Å²) in [7, 11) is 0. The molecule has 3 aliphatic rings. The molecule has 18 heteroatoms. The van der Waals surface area contributed by atoms with Gasteiger partial charge in [-0.1, -0.05) is 67.1 Å². The van der Waals surface area contributed by atoms with Gasteiger partial charge in [-0.2, -0.15) is 22.7 Å². The number of aryl methyl sites for hydroxylation is 1. The number of alkyl halides is 3. The largest absolute Gasteiger partial charge is 0.485 e. The Kier molecular flexibility index (Phi) is 10.9. The van der Waals surface area contributed by atoms with E-state index in [1.165, 1.54) is 10.8 Å². The summed E-state index contributed by atoms with van der Waals surface area (Å²) in [6.07, 6.45) is -1.80. The molecule has 2 aliphatic heterocycles. The molecule has 0 spiro atoms. The number of piperazine rings is 1. The zero-order valence-electron chi connectivity index (χ0n) is 33.9. The standard InChI is InChI=1S/C44H41ClF3N9O5/c1-3-34-38(54-15-17-55(18-16-54)41(59)37-39(25(2)49-24-50-37)62-22-26-8-5-4-6-9-26)42(60)57-43(52-40(53-57)31-11-7-10-27-23-61-19-14-28(27)31)56(34)21-35(58)51-36-30-13-12-29(30)32(20-33(36)45)44(46,47)48/h4-11,20,24H,3,12-19,21-23H2,1-2H3,(H,51,58). The van der Waals surface area contributed by atoms with E-state index in [4.69, 9.17) is 31.2 Å². The van der Waals surface area contributed by atoms with Crippen molar-refractivity contribution in [2.24, 2.45) is 0 Å². The monoisotopic (exact) mass is 867 g/mol. The maximum Gasteiger partial charge on any atom is 0.416 e. The number of hydrogen-bond donors (Lipinski definition) is 1. The molecule has 3 aromatic carbocycles. The van der Waals surface area contributed by atoms with E-state index in [1.54, 1.807) is 16.4 Å². The van der Waals surface area contributed by atoms with Crippen LogP contribution in [0.15, 0.2) is 65.7 Å². The minimum absolute atomic E-state index is 0.113. The third kappa shape index (κ3) is 7.52. The van der Waals surface area contributed by atoms with Crippen LogP contribution in [0.3, 0.4) is 0 Å². The van der Waals surface area contributed by atoms with E-state index in [0.717, 1.165) is 28.3 Å². The number of benzene rings is 3. The number of hydrogen-bond acceptors (Lipinski definition) is 10.